The average Bonchev–Trinajstić information content (AvgIpc) is 2.83. The highest BCUT2D eigenvalue weighted by Crippen LogP contribution is 2.32. The van der Waals surface area contributed by atoms with Crippen LogP contribution in [0.1, 0.15) is 40.5 Å². The second-order valence-electron chi connectivity index (χ2n) is 8.09. The Morgan fingerprint density at radius 3 is 2.53 bits per heavy atom. The monoisotopic (exact) mass is 434 g/mol. The Kier molecular flexibility index (Phi) is 6.40. The van der Waals surface area contributed by atoms with Crippen LogP contribution in [0.3, 0.4) is 0 Å². The number of methoxy groups -OCH3 is 2. The Balaban J connectivity index is 1.60. The van der Waals surface area contributed by atoms with Crippen LogP contribution >= 0.6 is 0 Å². The number of likely N-dealkylation sites (tertiary alicyclic amines) is 1. The zero-order valence-electron chi connectivity index (χ0n) is 18.6. The second-order valence-corrected chi connectivity index (χ2v) is 8.09. The molecule has 1 aromatic heterocycles. The van der Waals surface area contributed by atoms with Crippen LogP contribution in [0.15, 0.2) is 54.6 Å². The summed E-state index contributed by atoms with van der Waals surface area (Å²) in [6.07, 6.45) is 1.85. The summed E-state index contributed by atoms with van der Waals surface area (Å²) in [4.78, 5) is 20.0. The van der Waals surface area contributed by atoms with Gasteiger partial charge in [-0.25, -0.2) is 4.39 Å². The zero-order valence-corrected chi connectivity index (χ0v) is 18.6. The van der Waals surface area contributed by atoms with Gasteiger partial charge in [-0.2, -0.15) is 0 Å². The number of halogens is 1. The van der Waals surface area contributed by atoms with Gasteiger partial charge in [0.1, 0.15) is 17.3 Å². The lowest BCUT2D eigenvalue weighted by atomic mass is 9.91. The normalized spacial score (nSPS) is 16.0. The predicted octanol–water partition coefficient (Wildman–Crippen LogP) is 5.23. The molecule has 0 saturated carbocycles. The van der Waals surface area contributed by atoms with Gasteiger partial charge in [0.05, 0.1) is 19.8 Å². The molecule has 6 heteroatoms. The molecule has 1 atom stereocenters. The average molecular weight is 435 g/mol. The van der Waals surface area contributed by atoms with Crippen LogP contribution in [-0.2, 0) is 0 Å². The van der Waals surface area contributed by atoms with Gasteiger partial charge in [0.2, 0.25) is 0 Å². The molecule has 1 fully saturated rings. The third kappa shape index (κ3) is 4.59. The van der Waals surface area contributed by atoms with Crippen LogP contribution in [0.25, 0.3) is 11.1 Å². The highest BCUT2D eigenvalue weighted by molar-refractivity contribution is 5.97. The van der Waals surface area contributed by atoms with Crippen molar-refractivity contribution in [1.29, 1.82) is 0 Å². The molecule has 4 rings (SSSR count). The Morgan fingerprint density at radius 1 is 1.03 bits per heavy atom. The molecule has 0 N–H and O–H groups in total. The van der Waals surface area contributed by atoms with Crippen molar-refractivity contribution in [2.24, 2.45) is 0 Å². The molecule has 1 amide bonds. The van der Waals surface area contributed by atoms with Crippen LogP contribution in [0.4, 0.5) is 4.39 Å². The second kappa shape index (κ2) is 9.39. The highest BCUT2D eigenvalue weighted by Gasteiger charge is 2.28. The van der Waals surface area contributed by atoms with E-state index in [0.29, 0.717) is 30.2 Å². The molecule has 0 radical (unpaired) electrons. The summed E-state index contributed by atoms with van der Waals surface area (Å²) in [6, 6.07) is 15.8. The number of aryl methyl sites for hydroxylation is 1. The van der Waals surface area contributed by atoms with E-state index in [0.717, 1.165) is 35.4 Å². The number of carbonyl (C=O) groups excluding carboxylic acids is 1. The van der Waals surface area contributed by atoms with Gasteiger partial charge in [0.15, 0.2) is 0 Å². The fourth-order valence-electron chi connectivity index (χ4n) is 4.27. The fourth-order valence-corrected chi connectivity index (χ4v) is 4.27. The number of benzene rings is 2. The third-order valence-electron chi connectivity index (χ3n) is 5.91. The van der Waals surface area contributed by atoms with E-state index in [2.05, 4.69) is 6.07 Å². The molecule has 2 aromatic carbocycles. The Bertz CT molecular complexity index is 1110. The van der Waals surface area contributed by atoms with E-state index in [1.165, 1.54) is 12.1 Å². The Labute approximate surface area is 187 Å². The van der Waals surface area contributed by atoms with Gasteiger partial charge in [-0.15, -0.1) is 0 Å². The topological polar surface area (TPSA) is 51.7 Å². The minimum absolute atomic E-state index is 0.0724. The first-order valence-electron chi connectivity index (χ1n) is 10.7. The van der Waals surface area contributed by atoms with Crippen LogP contribution < -0.4 is 9.47 Å². The summed E-state index contributed by atoms with van der Waals surface area (Å²) in [5.74, 6) is 0.951. The van der Waals surface area contributed by atoms with E-state index >= 15 is 0 Å². The van der Waals surface area contributed by atoms with Crippen LogP contribution in [0.5, 0.6) is 11.5 Å². The van der Waals surface area contributed by atoms with E-state index in [1.54, 1.807) is 44.6 Å². The molecule has 1 aliphatic rings. The van der Waals surface area contributed by atoms with Crippen molar-refractivity contribution in [1.82, 2.24) is 9.88 Å². The minimum atomic E-state index is -0.255. The molecule has 5 nitrogen and oxygen atoms in total. The number of hydrogen-bond acceptors (Lipinski definition) is 4. The standard InChI is InChI=1S/C26H27FN2O3/c1-17-13-20(18-6-8-21(27)9-7-18)14-24(28-17)19-5-4-12-29(16-19)26(30)23-15-22(31-2)10-11-25(23)32-3/h6-11,13-15,19H,4-5,12,16H2,1-3H3/t19-/m0/s1. The molecule has 0 spiro atoms. The van der Waals surface area contributed by atoms with Crippen LogP contribution in [0.2, 0.25) is 0 Å². The first kappa shape index (κ1) is 21.8. The number of nitrogens with zero attached hydrogens (tertiary/aromatic N) is 2. The highest BCUT2D eigenvalue weighted by atomic mass is 19.1. The SMILES string of the molecule is COc1ccc(OC)c(C(=O)N2CCC[C@H](c3cc(-c4ccc(F)cc4)cc(C)n3)C2)c1. The molecule has 0 aliphatic carbocycles. The summed E-state index contributed by atoms with van der Waals surface area (Å²) >= 11 is 0. The van der Waals surface area contributed by atoms with Crippen LogP contribution in [-0.4, -0.2) is 43.1 Å². The van der Waals surface area contributed by atoms with Crippen molar-refractivity contribution in [3.8, 4) is 22.6 Å². The number of piperidine rings is 1. The van der Waals surface area contributed by atoms with Crippen LogP contribution in [0, 0.1) is 12.7 Å². The first-order valence-corrected chi connectivity index (χ1v) is 10.7. The maximum atomic E-state index is 13.3. The number of aromatic nitrogens is 1. The Morgan fingerprint density at radius 2 is 1.81 bits per heavy atom. The van der Waals surface area contributed by atoms with Crippen molar-refractivity contribution in [3.05, 3.63) is 77.4 Å². The predicted molar refractivity (Wildman–Crippen MR) is 122 cm³/mol. The number of amides is 1. The summed E-state index contributed by atoms with van der Waals surface area (Å²) in [5, 5.41) is 0. The molecule has 166 valence electrons. The Hall–Kier alpha value is -3.41. The lowest BCUT2D eigenvalue weighted by molar-refractivity contribution is 0.0702. The van der Waals surface area contributed by atoms with Gasteiger partial charge in [-0.3, -0.25) is 9.78 Å². The first-order chi connectivity index (χ1) is 15.5. The zero-order chi connectivity index (χ0) is 22.7. The summed E-state index contributed by atoms with van der Waals surface area (Å²) in [5.41, 5.74) is 4.31. The quantitative estimate of drug-likeness (QED) is 0.552. The molecule has 0 bridgehead atoms. The van der Waals surface area contributed by atoms with E-state index in [4.69, 9.17) is 14.5 Å². The van der Waals surface area contributed by atoms with E-state index in [-0.39, 0.29) is 17.6 Å². The number of hydrogen-bond donors (Lipinski definition) is 0. The molecule has 0 unspecified atom stereocenters. The van der Waals surface area contributed by atoms with Gasteiger partial charge in [-0.05, 0) is 73.4 Å². The van der Waals surface area contributed by atoms with Crippen molar-refractivity contribution < 1.29 is 18.7 Å². The molecular weight excluding hydrogens is 407 g/mol. The molecule has 32 heavy (non-hydrogen) atoms. The van der Waals surface area contributed by atoms with Gasteiger partial charge >= 0.3 is 0 Å². The number of rotatable bonds is 5. The molecule has 1 aliphatic heterocycles. The van der Waals surface area contributed by atoms with Crippen molar-refractivity contribution >= 4 is 5.91 Å². The maximum absolute atomic E-state index is 13.3. The molecule has 1 saturated heterocycles. The summed E-state index contributed by atoms with van der Waals surface area (Å²) < 4.78 is 24.1. The number of ether oxygens (including phenoxy) is 2. The minimum Gasteiger partial charge on any atom is -0.497 e. The molecule has 3 aromatic rings. The van der Waals surface area contributed by atoms with Gasteiger partial charge in [0, 0.05) is 30.4 Å². The third-order valence-corrected chi connectivity index (χ3v) is 5.91. The summed E-state index contributed by atoms with van der Waals surface area (Å²) in [6.45, 7) is 3.23. The largest absolute Gasteiger partial charge is 0.497 e. The lowest BCUT2D eigenvalue weighted by Crippen LogP contribution is -2.39. The van der Waals surface area contributed by atoms with Gasteiger partial charge < -0.3 is 14.4 Å². The fraction of sp³-hybridized carbons (Fsp3) is 0.308. The van der Waals surface area contributed by atoms with E-state index < -0.39 is 0 Å². The molecular formula is C26H27FN2O3. The van der Waals surface area contributed by atoms with Gasteiger partial charge in [0.25, 0.3) is 5.91 Å². The van der Waals surface area contributed by atoms with Crippen molar-refractivity contribution in [2.75, 3.05) is 27.3 Å². The van der Waals surface area contributed by atoms with E-state index in [1.807, 2.05) is 17.9 Å². The number of pyridine rings is 1. The van der Waals surface area contributed by atoms with E-state index in [9.17, 15) is 9.18 Å². The number of carbonyl (C=O) groups is 1. The molecule has 2 heterocycles. The van der Waals surface area contributed by atoms with Gasteiger partial charge in [-0.1, -0.05) is 12.1 Å². The lowest BCUT2D eigenvalue weighted by Gasteiger charge is -2.33. The smallest absolute Gasteiger partial charge is 0.257 e. The van der Waals surface area contributed by atoms with Crippen molar-refractivity contribution in [2.45, 2.75) is 25.7 Å². The summed E-state index contributed by atoms with van der Waals surface area (Å²) in [7, 11) is 3.14. The van der Waals surface area contributed by atoms with Crippen molar-refractivity contribution in [3.63, 3.8) is 0 Å². The maximum Gasteiger partial charge on any atom is 0.257 e.